The molecule has 0 saturated carbocycles. The molecule has 0 aliphatic carbocycles. The molecule has 1 amide bonds. The van der Waals surface area contributed by atoms with Crippen molar-refractivity contribution in [1.82, 2.24) is 13.8 Å². The van der Waals surface area contributed by atoms with E-state index < -0.39 is 20.6 Å². The van der Waals surface area contributed by atoms with Crippen molar-refractivity contribution < 1.29 is 22.9 Å². The number of nitro groups is 1. The summed E-state index contributed by atoms with van der Waals surface area (Å²) in [4.78, 5) is 25.3. The van der Waals surface area contributed by atoms with Crippen LogP contribution in [0, 0.1) is 10.1 Å². The summed E-state index contributed by atoms with van der Waals surface area (Å²) in [5, 5.41) is 12.1. The van der Waals surface area contributed by atoms with Crippen LogP contribution in [0.3, 0.4) is 0 Å². The Morgan fingerprint density at radius 1 is 1.12 bits per heavy atom. The lowest BCUT2D eigenvalue weighted by atomic mass is 10.1. The minimum Gasteiger partial charge on any atom is -0.490 e. The number of hydrogen-bond acceptors (Lipinski definition) is 6. The van der Waals surface area contributed by atoms with Crippen LogP contribution in [0.1, 0.15) is 17.3 Å². The molecule has 0 atom stereocenters. The number of carbonyl (C=O) groups is 1. The summed E-state index contributed by atoms with van der Waals surface area (Å²) in [5.74, 6) is -0.156. The van der Waals surface area contributed by atoms with Crippen LogP contribution in [0.4, 0.5) is 5.69 Å². The maximum absolute atomic E-state index is 13.2. The second kappa shape index (κ2) is 8.83. The molecule has 1 aromatic heterocycles. The highest BCUT2D eigenvalue weighted by atomic mass is 32.2. The van der Waals surface area contributed by atoms with Gasteiger partial charge in [0, 0.05) is 55.9 Å². The van der Waals surface area contributed by atoms with Gasteiger partial charge in [-0.2, -0.15) is 4.31 Å². The number of nitro benzene ring substituents is 1. The number of rotatable bonds is 6. The fourth-order valence-electron chi connectivity index (χ4n) is 4.10. The number of piperazine rings is 1. The quantitative estimate of drug-likeness (QED) is 0.402. The van der Waals surface area contributed by atoms with Crippen LogP contribution < -0.4 is 4.74 Å². The number of carbonyl (C=O) groups excluding carboxylic acids is 1. The lowest BCUT2D eigenvalue weighted by Gasteiger charge is -2.34. The van der Waals surface area contributed by atoms with Crippen molar-refractivity contribution in [3.63, 3.8) is 0 Å². The van der Waals surface area contributed by atoms with E-state index in [1.54, 1.807) is 4.90 Å². The van der Waals surface area contributed by atoms with Crippen LogP contribution in [0.5, 0.6) is 5.75 Å². The van der Waals surface area contributed by atoms with E-state index >= 15 is 0 Å². The number of sulfonamides is 1. The van der Waals surface area contributed by atoms with Gasteiger partial charge >= 0.3 is 5.69 Å². The fourth-order valence-corrected chi connectivity index (χ4v) is 5.55. The topological polar surface area (TPSA) is 115 Å². The first-order chi connectivity index (χ1) is 15.8. The number of aryl methyl sites for hydroxylation is 1. The van der Waals surface area contributed by atoms with Gasteiger partial charge in [0.2, 0.25) is 10.0 Å². The first-order valence-electron chi connectivity index (χ1n) is 10.5. The first-order valence-corrected chi connectivity index (χ1v) is 11.9. The van der Waals surface area contributed by atoms with Crippen LogP contribution in [0.25, 0.3) is 10.9 Å². The van der Waals surface area contributed by atoms with E-state index in [2.05, 4.69) is 0 Å². The number of methoxy groups -OCH3 is 1. The molecule has 1 saturated heterocycles. The highest BCUT2D eigenvalue weighted by molar-refractivity contribution is 7.89. The molecule has 1 aliphatic rings. The number of benzene rings is 2. The fraction of sp³-hybridized carbons (Fsp3) is 0.318. The van der Waals surface area contributed by atoms with Gasteiger partial charge in [-0.1, -0.05) is 18.2 Å². The van der Waals surface area contributed by atoms with Gasteiger partial charge in [0.1, 0.15) is 0 Å². The van der Waals surface area contributed by atoms with Gasteiger partial charge < -0.3 is 14.2 Å². The van der Waals surface area contributed by atoms with Crippen molar-refractivity contribution in [2.45, 2.75) is 18.4 Å². The van der Waals surface area contributed by atoms with E-state index in [0.29, 0.717) is 5.56 Å². The summed E-state index contributed by atoms with van der Waals surface area (Å²) < 4.78 is 34.4. The molecule has 0 unspecified atom stereocenters. The third kappa shape index (κ3) is 4.05. The van der Waals surface area contributed by atoms with Gasteiger partial charge in [-0.25, -0.2) is 8.42 Å². The van der Waals surface area contributed by atoms with Crippen molar-refractivity contribution in [1.29, 1.82) is 0 Å². The van der Waals surface area contributed by atoms with Gasteiger partial charge in [0.25, 0.3) is 5.91 Å². The highest BCUT2D eigenvalue weighted by Gasteiger charge is 2.32. The van der Waals surface area contributed by atoms with E-state index in [9.17, 15) is 23.3 Å². The smallest absolute Gasteiger partial charge is 0.312 e. The van der Waals surface area contributed by atoms with Crippen molar-refractivity contribution in [3.05, 3.63) is 64.3 Å². The Hall–Kier alpha value is -3.44. The summed E-state index contributed by atoms with van der Waals surface area (Å²) in [6, 6.07) is 11.3. The average molecular weight is 473 g/mol. The molecule has 11 heteroatoms. The molecule has 174 valence electrons. The number of para-hydroxylation sites is 1. The molecular formula is C22H24N4O6S. The lowest BCUT2D eigenvalue weighted by molar-refractivity contribution is -0.386. The van der Waals surface area contributed by atoms with Crippen molar-refractivity contribution in [2.75, 3.05) is 33.3 Å². The van der Waals surface area contributed by atoms with E-state index in [1.165, 1.54) is 23.5 Å². The van der Waals surface area contributed by atoms with E-state index in [4.69, 9.17) is 4.74 Å². The molecular weight excluding hydrogens is 448 g/mol. The molecule has 0 spiro atoms. The monoisotopic (exact) mass is 472 g/mol. The largest absolute Gasteiger partial charge is 0.490 e. The minimum atomic E-state index is -3.96. The number of ether oxygens (including phenoxy) is 1. The first kappa shape index (κ1) is 22.7. The molecule has 2 heterocycles. The Kier molecular flexibility index (Phi) is 6.09. The number of hydrogen-bond donors (Lipinski definition) is 0. The zero-order valence-electron chi connectivity index (χ0n) is 18.3. The second-order valence-electron chi connectivity index (χ2n) is 7.63. The van der Waals surface area contributed by atoms with Gasteiger partial charge in [-0.3, -0.25) is 14.9 Å². The van der Waals surface area contributed by atoms with Crippen molar-refractivity contribution >= 4 is 32.5 Å². The number of nitrogens with zero attached hydrogens (tertiary/aromatic N) is 4. The van der Waals surface area contributed by atoms with E-state index in [-0.39, 0.29) is 42.7 Å². The maximum atomic E-state index is 13.2. The molecule has 2 aromatic carbocycles. The zero-order valence-corrected chi connectivity index (χ0v) is 19.1. The number of aromatic nitrogens is 1. The summed E-state index contributed by atoms with van der Waals surface area (Å²) in [6.45, 7) is 3.38. The summed E-state index contributed by atoms with van der Waals surface area (Å²) >= 11 is 0. The molecule has 3 aromatic rings. The van der Waals surface area contributed by atoms with Gasteiger partial charge in [-0.05, 0) is 25.1 Å². The third-order valence-electron chi connectivity index (χ3n) is 5.87. The molecule has 0 bridgehead atoms. The summed E-state index contributed by atoms with van der Waals surface area (Å²) in [7, 11) is -2.68. The molecule has 0 N–H and O–H groups in total. The molecule has 1 fully saturated rings. The summed E-state index contributed by atoms with van der Waals surface area (Å²) in [5.41, 5.74) is 1.15. The molecule has 0 radical (unpaired) electrons. The Labute approximate surface area is 191 Å². The Morgan fingerprint density at radius 3 is 2.45 bits per heavy atom. The Bertz CT molecular complexity index is 1330. The standard InChI is InChI=1S/C22H24N4O6S/c1-3-23-15-18(17-6-4-5-7-19(17)23)22(27)24-10-12-25(13-11-24)33(30,31)16-8-9-21(32-2)20(14-16)26(28)29/h4-9,14-15H,3,10-13H2,1-2H3. The van der Waals surface area contributed by atoms with Crippen LogP contribution in [0.2, 0.25) is 0 Å². The molecule has 33 heavy (non-hydrogen) atoms. The predicted octanol–water partition coefficient (Wildman–Crippen LogP) is 2.72. The minimum absolute atomic E-state index is 0.0133. The molecule has 4 rings (SSSR count). The van der Waals surface area contributed by atoms with Crippen molar-refractivity contribution in [3.8, 4) is 5.75 Å². The average Bonchev–Trinajstić information content (AvgIpc) is 3.22. The molecule has 1 aliphatic heterocycles. The van der Waals surface area contributed by atoms with Crippen LogP contribution in [-0.4, -0.2) is 66.3 Å². The van der Waals surface area contributed by atoms with Crippen molar-refractivity contribution in [2.24, 2.45) is 0 Å². The SMILES string of the molecule is CCn1cc(C(=O)N2CCN(S(=O)(=O)c3ccc(OC)c([N+](=O)[O-])c3)CC2)c2ccccc21. The normalized spacial score (nSPS) is 15.0. The maximum Gasteiger partial charge on any atom is 0.312 e. The predicted molar refractivity (Wildman–Crippen MR) is 122 cm³/mol. The second-order valence-corrected chi connectivity index (χ2v) is 9.57. The zero-order chi connectivity index (χ0) is 23.8. The van der Waals surface area contributed by atoms with E-state index in [1.807, 2.05) is 42.0 Å². The Morgan fingerprint density at radius 2 is 1.82 bits per heavy atom. The van der Waals surface area contributed by atoms with Crippen LogP contribution >= 0.6 is 0 Å². The third-order valence-corrected chi connectivity index (χ3v) is 7.76. The highest BCUT2D eigenvalue weighted by Crippen LogP contribution is 2.31. The lowest BCUT2D eigenvalue weighted by Crippen LogP contribution is -2.50. The molecule has 10 nitrogen and oxygen atoms in total. The summed E-state index contributed by atoms with van der Waals surface area (Å²) in [6.07, 6.45) is 1.84. The van der Waals surface area contributed by atoms with E-state index in [0.717, 1.165) is 23.5 Å². The number of fused-ring (bicyclic) bond motifs is 1. The van der Waals surface area contributed by atoms with Gasteiger partial charge in [0.05, 0.1) is 22.5 Å². The van der Waals surface area contributed by atoms with Gasteiger partial charge in [0.15, 0.2) is 5.75 Å². The number of amides is 1. The Balaban J connectivity index is 1.53. The van der Waals surface area contributed by atoms with Gasteiger partial charge in [-0.15, -0.1) is 0 Å². The van der Waals surface area contributed by atoms with Crippen LogP contribution in [-0.2, 0) is 16.6 Å². The van der Waals surface area contributed by atoms with Crippen LogP contribution in [0.15, 0.2) is 53.6 Å².